The van der Waals surface area contributed by atoms with Gasteiger partial charge in [0.25, 0.3) is 5.91 Å². The van der Waals surface area contributed by atoms with Gasteiger partial charge in [0.05, 0.1) is 0 Å². The average Bonchev–Trinajstić information content (AvgIpc) is 3.12. The molecule has 1 aliphatic heterocycles. The number of primary amides is 1. The van der Waals surface area contributed by atoms with Gasteiger partial charge in [-0.15, -0.1) is 0 Å². The van der Waals surface area contributed by atoms with E-state index in [0.29, 0.717) is 12.1 Å². The van der Waals surface area contributed by atoms with Crippen molar-refractivity contribution in [3.8, 4) is 0 Å². The molecule has 0 bridgehead atoms. The Morgan fingerprint density at radius 1 is 1.31 bits per heavy atom. The van der Waals surface area contributed by atoms with Crippen LogP contribution in [0.4, 0.5) is 0 Å². The Bertz CT molecular complexity index is 1000. The zero-order valence-corrected chi connectivity index (χ0v) is 19.0. The number of carbonyl (C=O) groups is 2. The Labute approximate surface area is 189 Å². The fraction of sp³-hybridized carbons (Fsp3) is 0.360. The molecule has 0 atom stereocenters. The molecule has 7 nitrogen and oxygen atoms in total. The summed E-state index contributed by atoms with van der Waals surface area (Å²) in [5, 5.41) is 10.1. The summed E-state index contributed by atoms with van der Waals surface area (Å²) in [6.07, 6.45) is 9.20. The third kappa shape index (κ3) is 6.18. The largest absolute Gasteiger partial charge is 0.372 e. The first-order chi connectivity index (χ1) is 15.5. The van der Waals surface area contributed by atoms with E-state index in [0.717, 1.165) is 31.6 Å². The molecule has 0 fully saturated rings. The number of fused-ring (bicyclic) bond motifs is 3. The first-order valence-corrected chi connectivity index (χ1v) is 10.9. The van der Waals surface area contributed by atoms with Crippen LogP contribution in [0.15, 0.2) is 60.2 Å². The Hall–Kier alpha value is -3.16. The van der Waals surface area contributed by atoms with Gasteiger partial charge in [-0.25, -0.2) is 5.48 Å². The highest BCUT2D eigenvalue weighted by Gasteiger charge is 2.23. The lowest BCUT2D eigenvalue weighted by Crippen LogP contribution is -2.32. The van der Waals surface area contributed by atoms with E-state index in [-0.39, 0.29) is 6.41 Å². The quantitative estimate of drug-likeness (QED) is 0.193. The molecular formula is C25H34N4O3. The summed E-state index contributed by atoms with van der Waals surface area (Å²) < 4.78 is 2.39. The summed E-state index contributed by atoms with van der Waals surface area (Å²) >= 11 is 0. The van der Waals surface area contributed by atoms with Crippen LogP contribution in [0.25, 0.3) is 10.9 Å². The maximum atomic E-state index is 11.5. The lowest BCUT2D eigenvalue weighted by Gasteiger charge is -2.28. The van der Waals surface area contributed by atoms with Crippen molar-refractivity contribution in [3.63, 3.8) is 0 Å². The van der Waals surface area contributed by atoms with E-state index in [4.69, 9.17) is 10.0 Å². The van der Waals surface area contributed by atoms with Crippen molar-refractivity contribution in [1.29, 1.82) is 0 Å². The summed E-state index contributed by atoms with van der Waals surface area (Å²) in [4.78, 5) is 22.7. The molecule has 0 saturated carbocycles. The van der Waals surface area contributed by atoms with Crippen molar-refractivity contribution in [2.45, 2.75) is 46.2 Å². The number of hydrogen-bond donors (Lipinski definition) is 3. The number of hydrogen-bond acceptors (Lipinski definition) is 4. The number of para-hydroxylation sites is 1. The predicted octanol–water partition coefficient (Wildman–Crippen LogP) is 3.47. The van der Waals surface area contributed by atoms with Crippen LogP contribution in [0.2, 0.25) is 0 Å². The van der Waals surface area contributed by atoms with E-state index in [1.807, 2.05) is 12.2 Å². The topological polar surface area (TPSA) is 101 Å². The zero-order valence-electron chi connectivity index (χ0n) is 19.0. The molecule has 1 aromatic carbocycles. The van der Waals surface area contributed by atoms with Crippen LogP contribution in [-0.4, -0.2) is 40.1 Å². The summed E-state index contributed by atoms with van der Waals surface area (Å²) in [6.45, 7) is 11.8. The molecule has 2 heterocycles. The van der Waals surface area contributed by atoms with Crippen LogP contribution in [-0.2, 0) is 29.1 Å². The van der Waals surface area contributed by atoms with Gasteiger partial charge in [0.1, 0.15) is 0 Å². The van der Waals surface area contributed by atoms with Crippen LogP contribution >= 0.6 is 0 Å². The van der Waals surface area contributed by atoms with Crippen molar-refractivity contribution in [2.24, 2.45) is 5.73 Å². The third-order valence-corrected chi connectivity index (χ3v) is 5.68. The minimum atomic E-state index is -0.499. The van der Waals surface area contributed by atoms with Crippen LogP contribution in [0.1, 0.15) is 37.9 Å². The lowest BCUT2D eigenvalue weighted by atomic mass is 10.0. The number of nitrogens with two attached hydrogens (primary N) is 1. The van der Waals surface area contributed by atoms with Gasteiger partial charge < -0.3 is 10.3 Å². The van der Waals surface area contributed by atoms with E-state index < -0.39 is 5.91 Å². The van der Waals surface area contributed by atoms with Gasteiger partial charge in [-0.2, -0.15) is 0 Å². The summed E-state index contributed by atoms with van der Waals surface area (Å²) in [6, 6.07) is 8.61. The molecule has 1 aromatic heterocycles. The van der Waals surface area contributed by atoms with Crippen molar-refractivity contribution >= 4 is 23.2 Å². The first-order valence-electron chi connectivity index (χ1n) is 10.9. The molecule has 2 amide bonds. The number of hydroxylamine groups is 1. The molecule has 0 radical (unpaired) electrons. The fourth-order valence-electron chi connectivity index (χ4n) is 3.97. The Morgan fingerprint density at radius 3 is 2.69 bits per heavy atom. The summed E-state index contributed by atoms with van der Waals surface area (Å²) in [7, 11) is 0. The number of allylic oxidation sites excluding steroid dienone is 4. The second kappa shape index (κ2) is 12.6. The zero-order chi connectivity index (χ0) is 23.5. The highest BCUT2D eigenvalue weighted by atomic mass is 16.5. The van der Waals surface area contributed by atoms with E-state index in [1.165, 1.54) is 35.0 Å². The molecular weight excluding hydrogens is 404 g/mol. The standard InChI is InChI=1S/C24H31N3O2.CH3NO/c1-4-6-14-26-15-13-23-21(17-26)20-9-7-8-10-22(20)27(23)16-19(5-2)12-11-18(3)24(28)25-29;2-1-3/h5,7-12,29H,2,4,6,13-17H2,1,3H3,(H,25,28);1H,(H2,2,3)/b18-11+,19-12+;. The van der Waals surface area contributed by atoms with Gasteiger partial charge in [-0.05, 0) is 37.1 Å². The molecule has 4 N–H and O–H groups in total. The Balaban J connectivity index is 0.00000114. The molecule has 0 spiro atoms. The van der Waals surface area contributed by atoms with Gasteiger partial charge in [0.15, 0.2) is 0 Å². The Kier molecular flexibility index (Phi) is 9.91. The number of unbranched alkanes of at least 4 members (excludes halogenated alkanes) is 1. The fourth-order valence-corrected chi connectivity index (χ4v) is 3.97. The highest BCUT2D eigenvalue weighted by molar-refractivity contribution is 5.92. The summed E-state index contributed by atoms with van der Waals surface area (Å²) in [5.41, 5.74) is 11.4. The lowest BCUT2D eigenvalue weighted by molar-refractivity contribution is -0.125. The third-order valence-electron chi connectivity index (χ3n) is 5.68. The number of amides is 2. The highest BCUT2D eigenvalue weighted by Crippen LogP contribution is 2.31. The van der Waals surface area contributed by atoms with Crippen LogP contribution < -0.4 is 11.2 Å². The number of aromatic nitrogens is 1. The normalized spacial score (nSPS) is 14.3. The molecule has 3 rings (SSSR count). The SMILES string of the molecule is C=C/C(=C\C=C(/C)C(=O)NO)Cn1c2c(c3ccccc31)CN(CCCC)CC2.NC=O. The first kappa shape index (κ1) is 25.1. The van der Waals surface area contributed by atoms with Crippen LogP contribution in [0.3, 0.4) is 0 Å². The number of benzene rings is 1. The maximum absolute atomic E-state index is 11.5. The second-order valence-corrected chi connectivity index (χ2v) is 7.78. The number of nitrogens with one attached hydrogen (secondary N) is 1. The van der Waals surface area contributed by atoms with E-state index in [9.17, 15) is 4.79 Å². The predicted molar refractivity (Wildman–Crippen MR) is 128 cm³/mol. The molecule has 0 aliphatic carbocycles. The minimum absolute atomic E-state index is 0.250. The number of rotatable bonds is 8. The van der Waals surface area contributed by atoms with Crippen LogP contribution in [0, 0.1) is 0 Å². The molecule has 0 saturated heterocycles. The van der Waals surface area contributed by atoms with Gasteiger partial charge >= 0.3 is 0 Å². The monoisotopic (exact) mass is 438 g/mol. The van der Waals surface area contributed by atoms with Crippen molar-refractivity contribution in [1.82, 2.24) is 14.9 Å². The summed E-state index contributed by atoms with van der Waals surface area (Å²) in [5.74, 6) is -0.499. The maximum Gasteiger partial charge on any atom is 0.270 e. The molecule has 32 heavy (non-hydrogen) atoms. The van der Waals surface area contributed by atoms with Crippen molar-refractivity contribution < 1.29 is 14.8 Å². The molecule has 7 heteroatoms. The van der Waals surface area contributed by atoms with Gasteiger partial charge in [-0.3, -0.25) is 19.7 Å². The van der Waals surface area contributed by atoms with Crippen molar-refractivity contribution in [3.05, 3.63) is 71.5 Å². The van der Waals surface area contributed by atoms with E-state index >= 15 is 0 Å². The van der Waals surface area contributed by atoms with E-state index in [1.54, 1.807) is 18.5 Å². The van der Waals surface area contributed by atoms with E-state index in [2.05, 4.69) is 53.0 Å². The average molecular weight is 439 g/mol. The van der Waals surface area contributed by atoms with Gasteiger partial charge in [0, 0.05) is 48.2 Å². The van der Waals surface area contributed by atoms with Gasteiger partial charge in [-0.1, -0.05) is 56.4 Å². The van der Waals surface area contributed by atoms with Gasteiger partial charge in [0.2, 0.25) is 6.41 Å². The minimum Gasteiger partial charge on any atom is -0.372 e. The van der Waals surface area contributed by atoms with Crippen LogP contribution in [0.5, 0.6) is 0 Å². The molecule has 0 unspecified atom stereocenters. The molecule has 1 aliphatic rings. The number of nitrogens with zero attached hydrogens (tertiary/aromatic N) is 2. The second-order valence-electron chi connectivity index (χ2n) is 7.78. The molecule has 172 valence electrons. The smallest absolute Gasteiger partial charge is 0.270 e. The Morgan fingerprint density at radius 2 is 2.03 bits per heavy atom. The van der Waals surface area contributed by atoms with Crippen molar-refractivity contribution in [2.75, 3.05) is 13.1 Å². The molecule has 2 aromatic rings. The number of carbonyl (C=O) groups excluding carboxylic acids is 2.